The molecule has 0 aromatic heterocycles. The number of nitrogens with two attached hydrogens (primary N) is 1. The van der Waals surface area contributed by atoms with Crippen LogP contribution in [0.5, 0.6) is 0 Å². The molecule has 1 saturated heterocycles. The fraction of sp³-hybridized carbons (Fsp3) is 0.517. The highest BCUT2D eigenvalue weighted by Crippen LogP contribution is 2.49. The molecule has 0 atom stereocenters. The van der Waals surface area contributed by atoms with Crippen molar-refractivity contribution in [3.63, 3.8) is 0 Å². The zero-order valence-electron chi connectivity index (χ0n) is 21.1. The summed E-state index contributed by atoms with van der Waals surface area (Å²) >= 11 is 0. The molecule has 1 heterocycles. The Bertz CT molecular complexity index is 1070. The van der Waals surface area contributed by atoms with Crippen LogP contribution in [0.15, 0.2) is 54.6 Å². The first-order valence-electron chi connectivity index (χ1n) is 13.0. The van der Waals surface area contributed by atoms with Crippen molar-refractivity contribution in [3.05, 3.63) is 71.3 Å². The normalized spacial score (nSPS) is 27.0. The van der Waals surface area contributed by atoms with Crippen molar-refractivity contribution >= 4 is 11.9 Å². The van der Waals surface area contributed by atoms with E-state index in [1.165, 1.54) is 24.8 Å². The highest BCUT2D eigenvalue weighted by Gasteiger charge is 2.54. The van der Waals surface area contributed by atoms with Crippen LogP contribution in [0.1, 0.15) is 66.4 Å². The monoisotopic (exact) mass is 474 g/mol. The molecule has 0 bridgehead atoms. The summed E-state index contributed by atoms with van der Waals surface area (Å²) in [6.07, 6.45) is 7.70. The van der Waals surface area contributed by atoms with Gasteiger partial charge in [0.2, 0.25) is 5.91 Å². The summed E-state index contributed by atoms with van der Waals surface area (Å²) in [5.74, 6) is 0.174. The van der Waals surface area contributed by atoms with Gasteiger partial charge in [0.05, 0.1) is 5.54 Å². The Kier molecular flexibility index (Phi) is 6.34. The number of primary amides is 1. The Morgan fingerprint density at radius 2 is 1.66 bits per heavy atom. The maximum Gasteiger partial charge on any atom is 0.320 e. The molecule has 3 amide bonds. The quantitative estimate of drug-likeness (QED) is 0.638. The molecule has 2 aliphatic carbocycles. The van der Waals surface area contributed by atoms with Gasteiger partial charge < -0.3 is 15.5 Å². The van der Waals surface area contributed by atoms with Crippen molar-refractivity contribution in [3.8, 4) is 0 Å². The third-order valence-electron chi connectivity index (χ3n) is 9.04. The number of carbonyl (C=O) groups is 2. The van der Waals surface area contributed by atoms with E-state index in [0.29, 0.717) is 24.6 Å². The van der Waals surface area contributed by atoms with Crippen LogP contribution in [0.3, 0.4) is 0 Å². The first kappa shape index (κ1) is 23.9. The molecule has 186 valence electrons. The van der Waals surface area contributed by atoms with Crippen LogP contribution in [-0.4, -0.2) is 59.4 Å². The largest absolute Gasteiger partial charge is 0.366 e. The van der Waals surface area contributed by atoms with E-state index in [1.807, 2.05) is 23.1 Å². The zero-order valence-corrected chi connectivity index (χ0v) is 21.1. The Hall–Kier alpha value is -2.86. The van der Waals surface area contributed by atoms with Gasteiger partial charge in [0, 0.05) is 30.7 Å². The van der Waals surface area contributed by atoms with Gasteiger partial charge in [-0.2, -0.15) is 0 Å². The minimum Gasteiger partial charge on any atom is -0.366 e. The molecule has 3 fully saturated rings. The van der Waals surface area contributed by atoms with Crippen LogP contribution < -0.4 is 5.73 Å². The van der Waals surface area contributed by atoms with Crippen LogP contribution >= 0.6 is 0 Å². The molecule has 2 saturated carbocycles. The summed E-state index contributed by atoms with van der Waals surface area (Å²) in [4.78, 5) is 32.4. The lowest BCUT2D eigenvalue weighted by atomic mass is 9.68. The topological polar surface area (TPSA) is 69.9 Å². The number of hydrogen-bond acceptors (Lipinski definition) is 3. The number of nitrogens with zero attached hydrogens (tertiary/aromatic N) is 3. The molecule has 0 unspecified atom stereocenters. The molecule has 1 aliphatic heterocycles. The molecule has 35 heavy (non-hydrogen) atoms. The second-order valence-corrected chi connectivity index (χ2v) is 11.1. The standard InChI is InChI=1S/C29H38N4O2/c1-31(2)29(24-12-4-3-5-13-24)17-15-28(16-18-29)21-32(27(35)33(28)19-22-9-8-10-22)20-23-11-6-7-14-25(23)26(30)34/h3-7,11-14,22H,8-10,15-21H2,1-2H3,(H2,30,34). The number of hydrogen-bond donors (Lipinski definition) is 1. The third-order valence-corrected chi connectivity index (χ3v) is 9.04. The fourth-order valence-corrected chi connectivity index (χ4v) is 6.61. The average molecular weight is 475 g/mol. The van der Waals surface area contributed by atoms with E-state index >= 15 is 0 Å². The van der Waals surface area contributed by atoms with Crippen LogP contribution in [0, 0.1) is 5.92 Å². The fourth-order valence-electron chi connectivity index (χ4n) is 6.61. The van der Waals surface area contributed by atoms with Gasteiger partial charge in [0.15, 0.2) is 0 Å². The van der Waals surface area contributed by atoms with Gasteiger partial charge in [-0.05, 0) is 75.7 Å². The molecule has 2 aromatic carbocycles. The molecular weight excluding hydrogens is 436 g/mol. The third kappa shape index (κ3) is 4.22. The molecule has 0 radical (unpaired) electrons. The van der Waals surface area contributed by atoms with Crippen molar-refractivity contribution in [2.75, 3.05) is 27.2 Å². The van der Waals surface area contributed by atoms with Gasteiger partial charge in [0.25, 0.3) is 0 Å². The van der Waals surface area contributed by atoms with E-state index in [9.17, 15) is 9.59 Å². The maximum atomic E-state index is 13.8. The molecule has 3 aliphatic rings. The molecular formula is C29H38N4O2. The molecule has 6 heteroatoms. The van der Waals surface area contributed by atoms with Crippen molar-refractivity contribution in [2.45, 2.75) is 62.6 Å². The van der Waals surface area contributed by atoms with Gasteiger partial charge in [0.1, 0.15) is 0 Å². The smallest absolute Gasteiger partial charge is 0.320 e. The Labute approximate surface area is 209 Å². The highest BCUT2D eigenvalue weighted by atomic mass is 16.2. The summed E-state index contributed by atoms with van der Waals surface area (Å²) in [7, 11) is 4.37. The van der Waals surface area contributed by atoms with Gasteiger partial charge in [-0.15, -0.1) is 0 Å². The maximum absolute atomic E-state index is 13.8. The number of rotatable bonds is 7. The van der Waals surface area contributed by atoms with Crippen molar-refractivity contribution in [1.29, 1.82) is 0 Å². The van der Waals surface area contributed by atoms with Crippen LogP contribution in [-0.2, 0) is 12.1 Å². The lowest BCUT2D eigenvalue weighted by molar-refractivity contribution is 0.0159. The van der Waals surface area contributed by atoms with Gasteiger partial charge in [-0.25, -0.2) is 4.79 Å². The predicted molar refractivity (Wildman–Crippen MR) is 138 cm³/mol. The van der Waals surface area contributed by atoms with Crippen LogP contribution in [0.4, 0.5) is 4.79 Å². The van der Waals surface area contributed by atoms with E-state index in [2.05, 4.69) is 54.2 Å². The molecule has 2 aromatic rings. The first-order valence-corrected chi connectivity index (χ1v) is 13.0. The van der Waals surface area contributed by atoms with Crippen molar-refractivity contribution < 1.29 is 9.59 Å². The van der Waals surface area contributed by atoms with E-state index in [4.69, 9.17) is 5.73 Å². The SMILES string of the molecule is CN(C)C1(c2ccccc2)CCC2(CC1)CN(Cc1ccccc1C(N)=O)C(=O)N2CC1CCC1. The average Bonchev–Trinajstić information content (AvgIpc) is 3.07. The number of carbonyl (C=O) groups excluding carboxylic acids is 2. The Morgan fingerprint density at radius 3 is 2.26 bits per heavy atom. The second kappa shape index (κ2) is 9.30. The van der Waals surface area contributed by atoms with Crippen molar-refractivity contribution in [1.82, 2.24) is 14.7 Å². The molecule has 1 spiro atoms. The van der Waals surface area contributed by atoms with Gasteiger partial charge >= 0.3 is 6.03 Å². The predicted octanol–water partition coefficient (Wildman–Crippen LogP) is 4.59. The zero-order chi connectivity index (χ0) is 24.6. The van der Waals surface area contributed by atoms with E-state index < -0.39 is 5.91 Å². The summed E-state index contributed by atoms with van der Waals surface area (Å²) in [5, 5.41) is 0. The molecule has 5 rings (SSSR count). The summed E-state index contributed by atoms with van der Waals surface area (Å²) in [6, 6.07) is 18.4. The lowest BCUT2D eigenvalue weighted by Crippen LogP contribution is -2.56. The summed E-state index contributed by atoms with van der Waals surface area (Å²) in [6.45, 7) is 2.00. The van der Waals surface area contributed by atoms with Crippen molar-refractivity contribution in [2.24, 2.45) is 11.7 Å². The van der Waals surface area contributed by atoms with E-state index in [-0.39, 0.29) is 17.1 Å². The number of urea groups is 1. The summed E-state index contributed by atoms with van der Waals surface area (Å²) < 4.78 is 0. The lowest BCUT2D eigenvalue weighted by Gasteiger charge is -2.51. The minimum atomic E-state index is -0.440. The van der Waals surface area contributed by atoms with Crippen LogP contribution in [0.2, 0.25) is 0 Å². The highest BCUT2D eigenvalue weighted by molar-refractivity contribution is 5.94. The van der Waals surface area contributed by atoms with E-state index in [0.717, 1.165) is 37.8 Å². The Morgan fingerprint density at radius 1 is 1.00 bits per heavy atom. The number of amides is 3. The Balaban J connectivity index is 1.42. The second-order valence-electron chi connectivity index (χ2n) is 11.1. The van der Waals surface area contributed by atoms with Gasteiger partial charge in [-0.1, -0.05) is 55.0 Å². The van der Waals surface area contributed by atoms with Gasteiger partial charge in [-0.3, -0.25) is 9.69 Å². The number of benzene rings is 2. The molecule has 6 nitrogen and oxygen atoms in total. The minimum absolute atomic E-state index is 0.0102. The summed E-state index contributed by atoms with van der Waals surface area (Å²) in [5.41, 5.74) is 8.17. The first-order chi connectivity index (χ1) is 16.8. The van der Waals surface area contributed by atoms with Crippen LogP contribution in [0.25, 0.3) is 0 Å². The molecule has 2 N–H and O–H groups in total. The van der Waals surface area contributed by atoms with E-state index in [1.54, 1.807) is 6.07 Å².